The van der Waals surface area contributed by atoms with E-state index in [-0.39, 0.29) is 24.5 Å². The van der Waals surface area contributed by atoms with E-state index >= 15 is 0 Å². The molecule has 2 fully saturated rings. The van der Waals surface area contributed by atoms with Crippen molar-refractivity contribution in [3.63, 3.8) is 0 Å². The van der Waals surface area contributed by atoms with E-state index in [0.717, 1.165) is 19.3 Å². The second kappa shape index (κ2) is 5.90. The number of fused-ring (bicyclic) bond motifs is 1. The number of carbonyl (C=O) groups is 2. The molecule has 1 saturated carbocycles. The minimum atomic E-state index is -0.785. The number of carbonyl (C=O) groups excluding carboxylic acids is 1. The maximum Gasteiger partial charge on any atom is 0.320 e. The summed E-state index contributed by atoms with van der Waals surface area (Å²) in [5.41, 5.74) is 0. The van der Waals surface area contributed by atoms with Crippen molar-refractivity contribution in [1.29, 1.82) is 0 Å². The molecule has 1 saturated heterocycles. The Morgan fingerprint density at radius 3 is 2.63 bits per heavy atom. The van der Waals surface area contributed by atoms with Gasteiger partial charge >= 0.3 is 5.97 Å². The molecule has 5 heteroatoms. The summed E-state index contributed by atoms with van der Waals surface area (Å²) < 4.78 is 0. The van der Waals surface area contributed by atoms with Gasteiger partial charge in [0, 0.05) is 12.1 Å². The predicted octanol–water partition coefficient (Wildman–Crippen LogP) is 1.23. The fourth-order valence-corrected chi connectivity index (χ4v) is 3.56. The molecule has 0 aromatic rings. The molecule has 2 rings (SSSR count). The van der Waals surface area contributed by atoms with E-state index in [9.17, 15) is 14.7 Å². The van der Waals surface area contributed by atoms with Crippen LogP contribution in [0.25, 0.3) is 0 Å². The van der Waals surface area contributed by atoms with Gasteiger partial charge in [-0.25, -0.2) is 0 Å². The summed E-state index contributed by atoms with van der Waals surface area (Å²) in [6.45, 7) is 4.05. The molecule has 0 bridgehead atoms. The lowest BCUT2D eigenvalue weighted by atomic mass is 9.85. The SMILES string of the molecule is CC(C)NC(=O)CN1[C@H](C(=O)O)C[C@H]2CCCC[C@@H]21. The molecule has 1 aliphatic heterocycles. The molecular formula is C14H24N2O3. The van der Waals surface area contributed by atoms with Crippen molar-refractivity contribution >= 4 is 11.9 Å². The number of hydrogen-bond acceptors (Lipinski definition) is 3. The summed E-state index contributed by atoms with van der Waals surface area (Å²) in [6, 6.07) is -0.0979. The van der Waals surface area contributed by atoms with Gasteiger partial charge in [-0.15, -0.1) is 0 Å². The average Bonchev–Trinajstić information content (AvgIpc) is 2.67. The molecule has 5 nitrogen and oxygen atoms in total. The zero-order chi connectivity index (χ0) is 14.0. The van der Waals surface area contributed by atoms with E-state index in [4.69, 9.17) is 0 Å². The van der Waals surface area contributed by atoms with Crippen LogP contribution in [-0.4, -0.2) is 46.6 Å². The van der Waals surface area contributed by atoms with Gasteiger partial charge in [0.25, 0.3) is 0 Å². The second-order valence-corrected chi connectivity index (χ2v) is 6.10. The van der Waals surface area contributed by atoms with Gasteiger partial charge in [-0.05, 0) is 39.0 Å². The van der Waals surface area contributed by atoms with Gasteiger partial charge in [-0.2, -0.15) is 0 Å². The Bertz CT molecular complexity index is 357. The number of carboxylic acid groups (broad SMARTS) is 1. The second-order valence-electron chi connectivity index (χ2n) is 6.10. The monoisotopic (exact) mass is 268 g/mol. The Morgan fingerprint density at radius 1 is 1.32 bits per heavy atom. The van der Waals surface area contributed by atoms with Gasteiger partial charge in [0.2, 0.25) is 5.91 Å². The summed E-state index contributed by atoms with van der Waals surface area (Å²) in [4.78, 5) is 25.2. The van der Waals surface area contributed by atoms with Crippen molar-refractivity contribution in [3.05, 3.63) is 0 Å². The molecule has 19 heavy (non-hydrogen) atoms. The van der Waals surface area contributed by atoms with Gasteiger partial charge in [0.05, 0.1) is 6.54 Å². The molecule has 2 aliphatic rings. The number of carboxylic acids is 1. The van der Waals surface area contributed by atoms with Crippen LogP contribution >= 0.6 is 0 Å². The fraction of sp³-hybridized carbons (Fsp3) is 0.857. The van der Waals surface area contributed by atoms with Crippen LogP contribution in [0.5, 0.6) is 0 Å². The van der Waals surface area contributed by atoms with Gasteiger partial charge in [-0.3, -0.25) is 14.5 Å². The first-order chi connectivity index (χ1) is 8.99. The molecule has 2 N–H and O–H groups in total. The first-order valence-corrected chi connectivity index (χ1v) is 7.27. The van der Waals surface area contributed by atoms with E-state index < -0.39 is 12.0 Å². The summed E-state index contributed by atoms with van der Waals surface area (Å²) >= 11 is 0. The van der Waals surface area contributed by atoms with Crippen LogP contribution in [0.4, 0.5) is 0 Å². The van der Waals surface area contributed by atoms with Crippen molar-refractivity contribution in [1.82, 2.24) is 10.2 Å². The van der Waals surface area contributed by atoms with Crippen LogP contribution in [-0.2, 0) is 9.59 Å². The highest BCUT2D eigenvalue weighted by molar-refractivity contribution is 5.80. The Kier molecular flexibility index (Phi) is 4.45. The van der Waals surface area contributed by atoms with Crippen LogP contribution < -0.4 is 5.32 Å². The number of nitrogens with one attached hydrogen (secondary N) is 1. The Morgan fingerprint density at radius 2 is 2.00 bits per heavy atom. The predicted molar refractivity (Wildman–Crippen MR) is 71.8 cm³/mol. The van der Waals surface area contributed by atoms with E-state index in [2.05, 4.69) is 5.32 Å². The van der Waals surface area contributed by atoms with E-state index in [1.165, 1.54) is 6.42 Å². The van der Waals surface area contributed by atoms with Crippen LogP contribution in [0.2, 0.25) is 0 Å². The van der Waals surface area contributed by atoms with Gasteiger partial charge in [0.15, 0.2) is 0 Å². The minimum absolute atomic E-state index is 0.0625. The maximum atomic E-state index is 11.9. The molecule has 0 radical (unpaired) electrons. The highest BCUT2D eigenvalue weighted by Crippen LogP contribution is 2.39. The van der Waals surface area contributed by atoms with Crippen LogP contribution in [0.1, 0.15) is 46.0 Å². The highest BCUT2D eigenvalue weighted by atomic mass is 16.4. The van der Waals surface area contributed by atoms with E-state index in [1.54, 1.807) is 0 Å². The number of hydrogen-bond donors (Lipinski definition) is 2. The molecule has 1 heterocycles. The minimum Gasteiger partial charge on any atom is -0.480 e. The summed E-state index contributed by atoms with van der Waals surface area (Å²) in [6.07, 6.45) is 5.18. The van der Waals surface area contributed by atoms with E-state index in [0.29, 0.717) is 12.3 Å². The van der Waals surface area contributed by atoms with Gasteiger partial charge < -0.3 is 10.4 Å². The maximum absolute atomic E-state index is 11.9. The quantitative estimate of drug-likeness (QED) is 0.804. The number of aliphatic carboxylic acids is 1. The van der Waals surface area contributed by atoms with E-state index in [1.807, 2.05) is 18.7 Å². The summed E-state index contributed by atoms with van der Waals surface area (Å²) in [5, 5.41) is 12.2. The third-order valence-corrected chi connectivity index (χ3v) is 4.28. The largest absolute Gasteiger partial charge is 0.480 e. The Hall–Kier alpha value is -1.10. The highest BCUT2D eigenvalue weighted by Gasteiger charge is 2.45. The van der Waals surface area contributed by atoms with Crippen LogP contribution in [0.3, 0.4) is 0 Å². The van der Waals surface area contributed by atoms with Crippen molar-refractivity contribution < 1.29 is 14.7 Å². The number of nitrogens with zero attached hydrogens (tertiary/aromatic N) is 1. The zero-order valence-corrected chi connectivity index (χ0v) is 11.8. The number of likely N-dealkylation sites (tertiary alicyclic amines) is 1. The third kappa shape index (κ3) is 3.26. The first kappa shape index (κ1) is 14.3. The molecule has 108 valence electrons. The zero-order valence-electron chi connectivity index (χ0n) is 11.8. The Balaban J connectivity index is 2.05. The van der Waals surface area contributed by atoms with Crippen LogP contribution in [0, 0.1) is 5.92 Å². The average molecular weight is 268 g/mol. The number of amides is 1. The first-order valence-electron chi connectivity index (χ1n) is 7.27. The lowest BCUT2D eigenvalue weighted by Gasteiger charge is -2.32. The van der Waals surface area contributed by atoms with Crippen molar-refractivity contribution in [2.45, 2.75) is 64.1 Å². The van der Waals surface area contributed by atoms with Crippen LogP contribution in [0.15, 0.2) is 0 Å². The molecule has 1 amide bonds. The van der Waals surface area contributed by atoms with Crippen molar-refractivity contribution in [3.8, 4) is 0 Å². The van der Waals surface area contributed by atoms with Crippen molar-refractivity contribution in [2.24, 2.45) is 5.92 Å². The smallest absolute Gasteiger partial charge is 0.320 e. The lowest BCUT2D eigenvalue weighted by molar-refractivity contribution is -0.143. The molecule has 0 aromatic carbocycles. The Labute approximate surface area is 114 Å². The van der Waals surface area contributed by atoms with Crippen molar-refractivity contribution in [2.75, 3.05) is 6.54 Å². The lowest BCUT2D eigenvalue weighted by Crippen LogP contribution is -2.48. The topological polar surface area (TPSA) is 69.6 Å². The fourth-order valence-electron chi connectivity index (χ4n) is 3.56. The van der Waals surface area contributed by atoms with Gasteiger partial charge in [-0.1, -0.05) is 12.8 Å². The standard InChI is InChI=1S/C14H24N2O3/c1-9(2)15-13(17)8-16-11-6-4-3-5-10(11)7-12(16)14(18)19/h9-12H,3-8H2,1-2H3,(H,15,17)(H,18,19)/t10-,11+,12+/m1/s1. The molecule has 1 aliphatic carbocycles. The summed E-state index contributed by atoms with van der Waals surface area (Å²) in [7, 11) is 0. The normalized spacial score (nSPS) is 31.2. The molecule has 0 unspecified atom stereocenters. The molecule has 0 spiro atoms. The molecule has 3 atom stereocenters. The molecular weight excluding hydrogens is 244 g/mol. The van der Waals surface area contributed by atoms with Gasteiger partial charge in [0.1, 0.15) is 6.04 Å². The number of rotatable bonds is 4. The molecule has 0 aromatic heterocycles. The summed E-state index contributed by atoms with van der Waals surface area (Å²) in [5.74, 6) is -0.388. The third-order valence-electron chi connectivity index (χ3n) is 4.28.